The normalized spacial score (nSPS) is 12.3. The molecular weight excluding hydrogens is 306 g/mol. The van der Waals surface area contributed by atoms with Crippen LogP contribution in [-0.4, -0.2) is 18.3 Å². The molecular formula is C15H22BrNS. The van der Waals surface area contributed by atoms with Crippen molar-refractivity contribution in [2.24, 2.45) is 0 Å². The van der Waals surface area contributed by atoms with E-state index >= 15 is 0 Å². The van der Waals surface area contributed by atoms with Crippen LogP contribution < -0.4 is 5.32 Å². The first-order valence-corrected chi connectivity index (χ1v) is 8.26. The van der Waals surface area contributed by atoms with Gasteiger partial charge in [0.2, 0.25) is 0 Å². The first kappa shape index (κ1) is 15.8. The summed E-state index contributed by atoms with van der Waals surface area (Å²) in [5.41, 5.74) is 0. The van der Waals surface area contributed by atoms with Crippen molar-refractivity contribution in [3.05, 3.63) is 41.4 Å². The Kier molecular flexibility index (Phi) is 8.47. The Hall–Kier alpha value is -0.250. The van der Waals surface area contributed by atoms with Crippen LogP contribution in [0.3, 0.4) is 0 Å². The van der Waals surface area contributed by atoms with Crippen molar-refractivity contribution in [1.29, 1.82) is 0 Å². The van der Waals surface area contributed by atoms with Crippen molar-refractivity contribution in [3.8, 4) is 0 Å². The number of unbranched alkanes of at least 4 members (excludes halogenated alkanes) is 1. The zero-order valence-corrected chi connectivity index (χ0v) is 13.4. The number of hydrogen-bond acceptors (Lipinski definition) is 2. The van der Waals surface area contributed by atoms with Crippen molar-refractivity contribution in [2.75, 3.05) is 12.3 Å². The molecule has 1 rings (SSSR count). The van der Waals surface area contributed by atoms with Gasteiger partial charge in [0.05, 0.1) is 0 Å². The smallest absolute Gasteiger partial charge is 0.0186 e. The predicted octanol–water partition coefficient (Wildman–Crippen LogP) is 4.88. The summed E-state index contributed by atoms with van der Waals surface area (Å²) in [6, 6.07) is 9.10. The van der Waals surface area contributed by atoms with Crippen LogP contribution in [0, 0.1) is 0 Å². The van der Waals surface area contributed by atoms with E-state index in [1.165, 1.54) is 17.7 Å². The van der Waals surface area contributed by atoms with Crippen LogP contribution in [0.15, 0.2) is 46.3 Å². The molecule has 0 spiro atoms. The fraction of sp³-hybridized carbons (Fsp3) is 0.467. The minimum atomic E-state index is 0.596. The summed E-state index contributed by atoms with van der Waals surface area (Å²) < 4.78 is 1.15. The molecule has 3 heteroatoms. The van der Waals surface area contributed by atoms with Crippen LogP contribution in [0.1, 0.15) is 26.2 Å². The monoisotopic (exact) mass is 327 g/mol. The van der Waals surface area contributed by atoms with Gasteiger partial charge in [-0.1, -0.05) is 35.0 Å². The van der Waals surface area contributed by atoms with Crippen molar-refractivity contribution in [2.45, 2.75) is 37.1 Å². The average molecular weight is 328 g/mol. The number of hydrogen-bond donors (Lipinski definition) is 1. The summed E-state index contributed by atoms with van der Waals surface area (Å²) in [4.78, 5) is 1.33. The lowest BCUT2D eigenvalue weighted by Gasteiger charge is -2.17. The standard InChI is InChI=1S/C15H22BrNS/c1-3-5-6-9-14(17-4-2)12-18-15-10-7-8-13(16)11-15/h3,7-8,10-11,14,17H,1,4-6,9,12H2,2H3. The highest BCUT2D eigenvalue weighted by Crippen LogP contribution is 2.23. The van der Waals surface area contributed by atoms with Gasteiger partial charge < -0.3 is 5.32 Å². The van der Waals surface area contributed by atoms with Gasteiger partial charge in [-0.3, -0.25) is 0 Å². The molecule has 0 saturated heterocycles. The topological polar surface area (TPSA) is 12.0 Å². The van der Waals surface area contributed by atoms with Gasteiger partial charge in [0.25, 0.3) is 0 Å². The summed E-state index contributed by atoms with van der Waals surface area (Å²) >= 11 is 5.43. The maximum Gasteiger partial charge on any atom is 0.0186 e. The molecule has 1 aromatic rings. The van der Waals surface area contributed by atoms with E-state index < -0.39 is 0 Å². The second-order valence-corrected chi connectivity index (χ2v) is 6.25. The lowest BCUT2D eigenvalue weighted by atomic mass is 10.1. The lowest BCUT2D eigenvalue weighted by molar-refractivity contribution is 0.521. The van der Waals surface area contributed by atoms with Gasteiger partial charge in [-0.15, -0.1) is 18.3 Å². The van der Waals surface area contributed by atoms with E-state index in [-0.39, 0.29) is 0 Å². The van der Waals surface area contributed by atoms with Gasteiger partial charge >= 0.3 is 0 Å². The predicted molar refractivity (Wildman–Crippen MR) is 86.4 cm³/mol. The summed E-state index contributed by atoms with van der Waals surface area (Å²) in [5, 5.41) is 3.56. The van der Waals surface area contributed by atoms with E-state index in [0.29, 0.717) is 6.04 Å². The summed E-state index contributed by atoms with van der Waals surface area (Å²) in [7, 11) is 0. The highest BCUT2D eigenvalue weighted by atomic mass is 79.9. The second kappa shape index (κ2) is 9.65. The molecule has 0 aliphatic carbocycles. The first-order valence-electron chi connectivity index (χ1n) is 6.49. The van der Waals surface area contributed by atoms with Gasteiger partial charge in [0, 0.05) is 21.2 Å². The van der Waals surface area contributed by atoms with Crippen molar-refractivity contribution < 1.29 is 0 Å². The number of benzene rings is 1. The number of allylic oxidation sites excluding steroid dienone is 1. The van der Waals surface area contributed by atoms with Crippen LogP contribution >= 0.6 is 27.7 Å². The molecule has 0 saturated carbocycles. The van der Waals surface area contributed by atoms with E-state index in [4.69, 9.17) is 0 Å². The Labute approximate surface area is 124 Å². The Morgan fingerprint density at radius 2 is 2.33 bits per heavy atom. The fourth-order valence-electron chi connectivity index (χ4n) is 1.80. The van der Waals surface area contributed by atoms with Gasteiger partial charge in [-0.25, -0.2) is 0 Å². The maximum atomic E-state index is 3.78. The molecule has 1 N–H and O–H groups in total. The highest BCUT2D eigenvalue weighted by molar-refractivity contribution is 9.10. The summed E-state index contributed by atoms with van der Waals surface area (Å²) in [5.74, 6) is 1.13. The lowest BCUT2D eigenvalue weighted by Crippen LogP contribution is -2.31. The molecule has 0 bridgehead atoms. The SMILES string of the molecule is C=CCCCC(CSc1cccc(Br)c1)NCC. The Morgan fingerprint density at radius 3 is 3.00 bits per heavy atom. The van der Waals surface area contributed by atoms with Crippen molar-refractivity contribution >= 4 is 27.7 Å². The first-order chi connectivity index (χ1) is 8.76. The van der Waals surface area contributed by atoms with Gasteiger partial charge in [0.1, 0.15) is 0 Å². The van der Waals surface area contributed by atoms with E-state index in [1.54, 1.807) is 0 Å². The van der Waals surface area contributed by atoms with Crippen LogP contribution in [0.2, 0.25) is 0 Å². The number of halogens is 1. The second-order valence-electron chi connectivity index (χ2n) is 4.24. The quantitative estimate of drug-likeness (QED) is 0.394. The highest BCUT2D eigenvalue weighted by Gasteiger charge is 2.07. The molecule has 0 radical (unpaired) electrons. The van der Waals surface area contributed by atoms with Crippen LogP contribution in [0.25, 0.3) is 0 Å². The Balaban J connectivity index is 2.38. The molecule has 1 unspecified atom stereocenters. The van der Waals surface area contributed by atoms with E-state index in [1.807, 2.05) is 17.8 Å². The van der Waals surface area contributed by atoms with Crippen LogP contribution in [0.4, 0.5) is 0 Å². The third-order valence-corrected chi connectivity index (χ3v) is 4.35. The number of thioether (sulfide) groups is 1. The molecule has 1 atom stereocenters. The Morgan fingerprint density at radius 1 is 1.50 bits per heavy atom. The summed E-state index contributed by atoms with van der Waals surface area (Å²) in [6.45, 7) is 6.99. The maximum absolute atomic E-state index is 3.78. The zero-order valence-electron chi connectivity index (χ0n) is 11.0. The van der Waals surface area contributed by atoms with Gasteiger partial charge in [-0.05, 0) is 44.0 Å². The molecule has 18 heavy (non-hydrogen) atoms. The molecule has 0 heterocycles. The third kappa shape index (κ3) is 6.62. The molecule has 0 amide bonds. The molecule has 0 fully saturated rings. The summed E-state index contributed by atoms with van der Waals surface area (Å²) in [6.07, 6.45) is 5.56. The molecule has 1 aromatic carbocycles. The fourth-order valence-corrected chi connectivity index (χ4v) is 3.41. The van der Waals surface area contributed by atoms with Crippen molar-refractivity contribution in [1.82, 2.24) is 5.32 Å². The van der Waals surface area contributed by atoms with E-state index in [2.05, 4.69) is 59.0 Å². The number of rotatable bonds is 9. The molecule has 1 nitrogen and oxygen atoms in total. The minimum Gasteiger partial charge on any atom is -0.313 e. The molecule has 0 aliphatic rings. The Bertz CT molecular complexity index is 354. The third-order valence-electron chi connectivity index (χ3n) is 2.70. The minimum absolute atomic E-state index is 0.596. The molecule has 100 valence electrons. The largest absolute Gasteiger partial charge is 0.313 e. The average Bonchev–Trinajstić information content (AvgIpc) is 2.36. The molecule has 0 aromatic heterocycles. The van der Waals surface area contributed by atoms with E-state index in [0.717, 1.165) is 23.2 Å². The van der Waals surface area contributed by atoms with Gasteiger partial charge in [-0.2, -0.15) is 0 Å². The van der Waals surface area contributed by atoms with Gasteiger partial charge in [0.15, 0.2) is 0 Å². The van der Waals surface area contributed by atoms with Crippen LogP contribution in [-0.2, 0) is 0 Å². The van der Waals surface area contributed by atoms with Crippen LogP contribution in [0.5, 0.6) is 0 Å². The van der Waals surface area contributed by atoms with Crippen molar-refractivity contribution in [3.63, 3.8) is 0 Å². The number of nitrogens with one attached hydrogen (secondary N) is 1. The zero-order chi connectivity index (χ0) is 13.2. The van der Waals surface area contributed by atoms with E-state index in [9.17, 15) is 0 Å². The molecule has 0 aliphatic heterocycles.